The van der Waals surface area contributed by atoms with Crippen LogP contribution in [0.2, 0.25) is 0 Å². The van der Waals surface area contributed by atoms with Crippen molar-refractivity contribution >= 4 is 17.4 Å². The van der Waals surface area contributed by atoms with Gasteiger partial charge >= 0.3 is 0 Å². The lowest BCUT2D eigenvalue weighted by Gasteiger charge is -2.35. The average Bonchev–Trinajstić information content (AvgIpc) is 2.98. The number of hydrogen-bond acceptors (Lipinski definition) is 5. The molecule has 0 atom stereocenters. The summed E-state index contributed by atoms with van der Waals surface area (Å²) in [7, 11) is 1.69. The molecule has 1 amide bonds. The first-order chi connectivity index (χ1) is 13.7. The molecular formula is C22H25N3O3. The molecule has 0 saturated carbocycles. The maximum absolute atomic E-state index is 12.3. The lowest BCUT2D eigenvalue weighted by atomic mass is 10.1. The van der Waals surface area contributed by atoms with Gasteiger partial charge < -0.3 is 9.64 Å². The van der Waals surface area contributed by atoms with E-state index in [4.69, 9.17) is 4.74 Å². The number of amides is 1. The number of para-hydroxylation sites is 1. The van der Waals surface area contributed by atoms with Crippen molar-refractivity contribution in [2.75, 3.05) is 51.3 Å². The molecule has 2 aromatic carbocycles. The van der Waals surface area contributed by atoms with Crippen molar-refractivity contribution in [2.24, 2.45) is 0 Å². The highest BCUT2D eigenvalue weighted by Crippen LogP contribution is 2.28. The first-order valence-electron chi connectivity index (χ1n) is 9.68. The molecule has 6 nitrogen and oxygen atoms in total. The van der Waals surface area contributed by atoms with Gasteiger partial charge in [-0.25, -0.2) is 0 Å². The van der Waals surface area contributed by atoms with Crippen LogP contribution in [0.3, 0.4) is 0 Å². The number of ketones is 1. The predicted molar refractivity (Wildman–Crippen MR) is 108 cm³/mol. The van der Waals surface area contributed by atoms with Crippen LogP contribution in [0.15, 0.2) is 48.5 Å². The van der Waals surface area contributed by atoms with E-state index >= 15 is 0 Å². The van der Waals surface area contributed by atoms with Gasteiger partial charge in [0.1, 0.15) is 5.75 Å². The summed E-state index contributed by atoms with van der Waals surface area (Å²) in [6, 6.07) is 15.4. The molecule has 0 unspecified atom stereocenters. The third-order valence-corrected chi connectivity index (χ3v) is 5.52. The Morgan fingerprint density at radius 1 is 0.893 bits per heavy atom. The molecule has 1 saturated heterocycles. The van der Waals surface area contributed by atoms with Crippen molar-refractivity contribution < 1.29 is 14.3 Å². The molecule has 28 heavy (non-hydrogen) atoms. The van der Waals surface area contributed by atoms with Gasteiger partial charge in [-0.3, -0.25) is 19.4 Å². The molecule has 2 aliphatic rings. The summed E-state index contributed by atoms with van der Waals surface area (Å²) in [5, 5.41) is 0. The van der Waals surface area contributed by atoms with Gasteiger partial charge in [0, 0.05) is 45.8 Å². The fourth-order valence-electron chi connectivity index (χ4n) is 3.91. The van der Waals surface area contributed by atoms with E-state index in [-0.39, 0.29) is 0 Å². The summed E-state index contributed by atoms with van der Waals surface area (Å²) in [5.41, 5.74) is 2.52. The van der Waals surface area contributed by atoms with Crippen LogP contribution < -0.4 is 9.64 Å². The van der Waals surface area contributed by atoms with Crippen molar-refractivity contribution in [3.8, 4) is 5.75 Å². The Hall–Kier alpha value is -2.70. The van der Waals surface area contributed by atoms with Crippen molar-refractivity contribution in [1.82, 2.24) is 9.80 Å². The average molecular weight is 379 g/mol. The topological polar surface area (TPSA) is 53.1 Å². The van der Waals surface area contributed by atoms with E-state index in [1.807, 2.05) is 24.3 Å². The standard InChI is InChI=1S/C22H25N3O3/c1-28-18-6-4-5-17(15-18)16-24-11-9-23(10-12-24)13-14-25-20-8-3-2-7-19(20)21(26)22(25)27/h2-8,15H,9-14,16H2,1H3. The van der Waals surface area contributed by atoms with E-state index in [1.165, 1.54) is 5.56 Å². The molecular weight excluding hydrogens is 354 g/mol. The summed E-state index contributed by atoms with van der Waals surface area (Å²) in [6.45, 7) is 6.14. The number of benzene rings is 2. The molecule has 0 aliphatic carbocycles. The highest BCUT2D eigenvalue weighted by atomic mass is 16.5. The van der Waals surface area contributed by atoms with Crippen molar-refractivity contribution in [1.29, 1.82) is 0 Å². The number of anilines is 1. The van der Waals surface area contributed by atoms with Crippen LogP contribution in [0.25, 0.3) is 0 Å². The van der Waals surface area contributed by atoms with Crippen molar-refractivity contribution in [2.45, 2.75) is 6.54 Å². The Morgan fingerprint density at radius 3 is 2.43 bits per heavy atom. The second-order valence-corrected chi connectivity index (χ2v) is 7.27. The Bertz CT molecular complexity index is 875. The van der Waals surface area contributed by atoms with Crippen molar-refractivity contribution in [3.05, 3.63) is 59.7 Å². The largest absolute Gasteiger partial charge is 0.497 e. The summed E-state index contributed by atoms with van der Waals surface area (Å²) >= 11 is 0. The summed E-state index contributed by atoms with van der Waals surface area (Å²) < 4.78 is 5.30. The lowest BCUT2D eigenvalue weighted by Crippen LogP contribution is -2.48. The van der Waals surface area contributed by atoms with Gasteiger partial charge in [-0.05, 0) is 29.8 Å². The molecule has 0 N–H and O–H groups in total. The number of rotatable bonds is 6. The minimum absolute atomic E-state index is 0.390. The molecule has 0 spiro atoms. The third-order valence-electron chi connectivity index (χ3n) is 5.52. The van der Waals surface area contributed by atoms with E-state index in [1.54, 1.807) is 24.1 Å². The maximum atomic E-state index is 12.3. The van der Waals surface area contributed by atoms with Gasteiger partial charge in [0.2, 0.25) is 0 Å². The molecule has 4 rings (SSSR count). The molecule has 2 heterocycles. The van der Waals surface area contributed by atoms with E-state index < -0.39 is 11.7 Å². The minimum atomic E-state index is -0.405. The molecule has 6 heteroatoms. The van der Waals surface area contributed by atoms with Crippen LogP contribution in [0, 0.1) is 0 Å². The van der Waals surface area contributed by atoms with E-state index in [9.17, 15) is 9.59 Å². The number of Topliss-reactive ketones (excluding diaryl/α,β-unsaturated/α-hetero) is 1. The zero-order chi connectivity index (χ0) is 19.5. The maximum Gasteiger partial charge on any atom is 0.299 e. The first kappa shape index (κ1) is 18.7. The number of nitrogens with zero attached hydrogens (tertiary/aromatic N) is 3. The Balaban J connectivity index is 1.28. The van der Waals surface area contributed by atoms with Gasteiger partial charge in [-0.2, -0.15) is 0 Å². The van der Waals surface area contributed by atoms with Crippen LogP contribution in [-0.4, -0.2) is 67.9 Å². The number of hydrogen-bond donors (Lipinski definition) is 0. The number of carbonyl (C=O) groups excluding carboxylic acids is 2. The minimum Gasteiger partial charge on any atom is -0.497 e. The zero-order valence-corrected chi connectivity index (χ0v) is 16.1. The van der Waals surface area contributed by atoms with Gasteiger partial charge in [-0.15, -0.1) is 0 Å². The van der Waals surface area contributed by atoms with Gasteiger partial charge in [0.15, 0.2) is 0 Å². The van der Waals surface area contributed by atoms with Crippen LogP contribution >= 0.6 is 0 Å². The van der Waals surface area contributed by atoms with Gasteiger partial charge in [0.05, 0.1) is 18.4 Å². The first-order valence-corrected chi connectivity index (χ1v) is 9.68. The second kappa shape index (κ2) is 8.12. The smallest absolute Gasteiger partial charge is 0.299 e. The highest BCUT2D eigenvalue weighted by molar-refractivity contribution is 6.52. The number of methoxy groups -OCH3 is 1. The van der Waals surface area contributed by atoms with Crippen LogP contribution in [0.1, 0.15) is 15.9 Å². The monoisotopic (exact) mass is 379 g/mol. The van der Waals surface area contributed by atoms with Crippen molar-refractivity contribution in [3.63, 3.8) is 0 Å². The van der Waals surface area contributed by atoms with E-state index in [0.717, 1.165) is 50.7 Å². The Morgan fingerprint density at radius 2 is 1.64 bits per heavy atom. The number of fused-ring (bicyclic) bond motifs is 1. The number of piperazine rings is 1. The quantitative estimate of drug-likeness (QED) is 0.719. The normalized spacial score (nSPS) is 17.8. The fourth-order valence-corrected chi connectivity index (χ4v) is 3.91. The fraction of sp³-hybridized carbons (Fsp3) is 0.364. The van der Waals surface area contributed by atoms with E-state index in [0.29, 0.717) is 12.1 Å². The highest BCUT2D eigenvalue weighted by Gasteiger charge is 2.35. The Kier molecular flexibility index (Phi) is 5.41. The van der Waals surface area contributed by atoms with Crippen LogP contribution in [0.4, 0.5) is 5.69 Å². The van der Waals surface area contributed by atoms with E-state index in [2.05, 4.69) is 21.9 Å². The summed E-state index contributed by atoms with van der Waals surface area (Å²) in [6.07, 6.45) is 0. The predicted octanol–water partition coefficient (Wildman–Crippen LogP) is 2.04. The second-order valence-electron chi connectivity index (χ2n) is 7.27. The molecule has 0 bridgehead atoms. The van der Waals surface area contributed by atoms with Gasteiger partial charge in [0.25, 0.3) is 11.7 Å². The number of carbonyl (C=O) groups is 2. The number of ether oxygens (including phenoxy) is 1. The molecule has 2 aromatic rings. The summed E-state index contributed by atoms with van der Waals surface area (Å²) in [5.74, 6) is 0.0952. The summed E-state index contributed by atoms with van der Waals surface area (Å²) in [4.78, 5) is 30.8. The molecule has 1 fully saturated rings. The zero-order valence-electron chi connectivity index (χ0n) is 16.1. The SMILES string of the molecule is COc1cccc(CN2CCN(CCN3C(=O)C(=O)c4ccccc43)CC2)c1. The Labute approximate surface area is 165 Å². The van der Waals surface area contributed by atoms with Crippen LogP contribution in [0.5, 0.6) is 5.75 Å². The molecule has 2 aliphatic heterocycles. The van der Waals surface area contributed by atoms with Gasteiger partial charge in [-0.1, -0.05) is 24.3 Å². The third kappa shape index (κ3) is 3.79. The lowest BCUT2D eigenvalue weighted by molar-refractivity contribution is -0.114. The molecule has 146 valence electrons. The van der Waals surface area contributed by atoms with Crippen LogP contribution in [-0.2, 0) is 11.3 Å². The molecule has 0 aromatic heterocycles. The molecule has 0 radical (unpaired) electrons.